The van der Waals surface area contributed by atoms with Crippen molar-refractivity contribution in [2.75, 3.05) is 5.32 Å². The summed E-state index contributed by atoms with van der Waals surface area (Å²) in [7, 11) is 0. The second kappa shape index (κ2) is 3.72. The summed E-state index contributed by atoms with van der Waals surface area (Å²) >= 11 is 1.59. The summed E-state index contributed by atoms with van der Waals surface area (Å²) in [6.45, 7) is 6.07. The molecule has 1 heterocycles. The fourth-order valence-corrected chi connectivity index (χ4v) is 2.04. The Bertz CT molecular complexity index is 278. The number of hydrogen-bond acceptors (Lipinski definition) is 3. The third-order valence-corrected chi connectivity index (χ3v) is 2.61. The summed E-state index contributed by atoms with van der Waals surface area (Å²) < 4.78 is 0. The molecule has 0 aliphatic heterocycles. The van der Waals surface area contributed by atoms with Crippen LogP contribution in [0.2, 0.25) is 0 Å². The van der Waals surface area contributed by atoms with Gasteiger partial charge < -0.3 is 5.32 Å². The molecule has 0 spiro atoms. The molecule has 1 aromatic heterocycles. The minimum atomic E-state index is 0.377. The van der Waals surface area contributed by atoms with Crippen molar-refractivity contribution in [3.8, 4) is 0 Å². The Morgan fingerprint density at radius 3 is 2.75 bits per heavy atom. The number of aryl methyl sites for hydroxylation is 1. The van der Waals surface area contributed by atoms with Crippen LogP contribution in [0.15, 0.2) is 5.38 Å². The van der Waals surface area contributed by atoms with Crippen molar-refractivity contribution < 1.29 is 4.79 Å². The molecule has 12 heavy (non-hydrogen) atoms. The molecule has 0 saturated heterocycles. The van der Waals surface area contributed by atoms with E-state index in [1.165, 1.54) is 0 Å². The first-order valence-electron chi connectivity index (χ1n) is 3.95. The minimum absolute atomic E-state index is 0.377. The smallest absolute Gasteiger partial charge is 0.153 e. The molecule has 66 valence electrons. The van der Waals surface area contributed by atoms with Gasteiger partial charge in [0.25, 0.3) is 0 Å². The second-order valence-electron chi connectivity index (χ2n) is 3.08. The third kappa shape index (κ3) is 1.85. The van der Waals surface area contributed by atoms with Crippen molar-refractivity contribution in [3.63, 3.8) is 0 Å². The maximum Gasteiger partial charge on any atom is 0.153 e. The van der Waals surface area contributed by atoms with E-state index >= 15 is 0 Å². The Morgan fingerprint density at radius 1 is 1.58 bits per heavy atom. The number of thiophene rings is 1. The van der Waals surface area contributed by atoms with Gasteiger partial charge in [0.05, 0.1) is 10.6 Å². The largest absolute Gasteiger partial charge is 0.374 e. The van der Waals surface area contributed by atoms with E-state index in [1.807, 2.05) is 12.3 Å². The van der Waals surface area contributed by atoms with Gasteiger partial charge in [0.2, 0.25) is 0 Å². The fraction of sp³-hybridized carbons (Fsp3) is 0.444. The number of anilines is 1. The van der Waals surface area contributed by atoms with Gasteiger partial charge in [0, 0.05) is 6.04 Å². The predicted molar refractivity (Wildman–Crippen MR) is 53.2 cm³/mol. The van der Waals surface area contributed by atoms with Crippen LogP contribution in [0.1, 0.15) is 29.8 Å². The van der Waals surface area contributed by atoms with Gasteiger partial charge in [0.15, 0.2) is 6.29 Å². The van der Waals surface area contributed by atoms with Gasteiger partial charge in [0.1, 0.15) is 0 Å². The van der Waals surface area contributed by atoms with Gasteiger partial charge in [-0.15, -0.1) is 11.3 Å². The van der Waals surface area contributed by atoms with Crippen LogP contribution in [0.3, 0.4) is 0 Å². The molecule has 1 N–H and O–H groups in total. The molecule has 2 nitrogen and oxygen atoms in total. The summed E-state index contributed by atoms with van der Waals surface area (Å²) in [6, 6.07) is 0.377. The Kier molecular flexibility index (Phi) is 2.87. The Hall–Kier alpha value is -0.830. The second-order valence-corrected chi connectivity index (χ2v) is 3.96. The van der Waals surface area contributed by atoms with E-state index in [9.17, 15) is 4.79 Å². The van der Waals surface area contributed by atoms with Gasteiger partial charge in [-0.2, -0.15) is 0 Å². The molecule has 0 radical (unpaired) electrons. The Balaban J connectivity index is 2.91. The molecule has 0 aliphatic rings. The van der Waals surface area contributed by atoms with Crippen LogP contribution in [0.25, 0.3) is 0 Å². The third-order valence-electron chi connectivity index (χ3n) is 1.56. The number of rotatable bonds is 3. The number of nitrogens with one attached hydrogen (secondary N) is 1. The van der Waals surface area contributed by atoms with Gasteiger partial charge in [-0.05, 0) is 31.7 Å². The maximum absolute atomic E-state index is 10.7. The first-order chi connectivity index (χ1) is 5.65. The molecule has 1 aromatic rings. The highest BCUT2D eigenvalue weighted by molar-refractivity contribution is 7.14. The first kappa shape index (κ1) is 9.26. The molecule has 3 heteroatoms. The topological polar surface area (TPSA) is 29.1 Å². The summed E-state index contributed by atoms with van der Waals surface area (Å²) in [5.41, 5.74) is 1.85. The zero-order valence-electron chi connectivity index (χ0n) is 7.55. The van der Waals surface area contributed by atoms with Crippen LogP contribution in [0.4, 0.5) is 5.00 Å². The number of aldehydes is 1. The maximum atomic E-state index is 10.7. The molecule has 0 amide bonds. The lowest BCUT2D eigenvalue weighted by molar-refractivity contribution is 0.112. The molecule has 0 unspecified atom stereocenters. The van der Waals surface area contributed by atoms with Crippen LogP contribution < -0.4 is 5.32 Å². The lowest BCUT2D eigenvalue weighted by atomic mass is 10.2. The van der Waals surface area contributed by atoms with Crippen molar-refractivity contribution in [1.29, 1.82) is 0 Å². The van der Waals surface area contributed by atoms with Gasteiger partial charge >= 0.3 is 0 Å². The zero-order valence-corrected chi connectivity index (χ0v) is 8.37. The summed E-state index contributed by atoms with van der Waals surface area (Å²) in [4.78, 5) is 10.7. The monoisotopic (exact) mass is 183 g/mol. The van der Waals surface area contributed by atoms with Gasteiger partial charge in [-0.3, -0.25) is 4.79 Å². The van der Waals surface area contributed by atoms with Crippen molar-refractivity contribution in [2.24, 2.45) is 0 Å². The SMILES string of the molecule is Cc1csc(NC(C)C)c1C=O. The van der Waals surface area contributed by atoms with E-state index in [4.69, 9.17) is 0 Å². The van der Waals surface area contributed by atoms with Gasteiger partial charge in [-0.25, -0.2) is 0 Å². The lowest BCUT2D eigenvalue weighted by Gasteiger charge is -2.07. The van der Waals surface area contributed by atoms with Crippen molar-refractivity contribution in [1.82, 2.24) is 0 Å². The predicted octanol–water partition coefficient (Wildman–Crippen LogP) is 2.69. The Morgan fingerprint density at radius 2 is 2.25 bits per heavy atom. The van der Waals surface area contributed by atoms with Crippen LogP contribution in [0, 0.1) is 6.92 Å². The van der Waals surface area contributed by atoms with Gasteiger partial charge in [-0.1, -0.05) is 0 Å². The fourth-order valence-electron chi connectivity index (χ4n) is 0.974. The summed E-state index contributed by atoms with van der Waals surface area (Å²) in [5.74, 6) is 0. The van der Waals surface area contributed by atoms with Crippen LogP contribution in [-0.4, -0.2) is 12.3 Å². The number of carbonyl (C=O) groups excluding carboxylic acids is 1. The van der Waals surface area contributed by atoms with Crippen LogP contribution in [0.5, 0.6) is 0 Å². The molecule has 0 atom stereocenters. The van der Waals surface area contributed by atoms with E-state index in [1.54, 1.807) is 11.3 Å². The van der Waals surface area contributed by atoms with E-state index in [2.05, 4.69) is 19.2 Å². The molecule has 0 aliphatic carbocycles. The molecular formula is C9H13NOS. The van der Waals surface area contributed by atoms with E-state index in [0.29, 0.717) is 6.04 Å². The lowest BCUT2D eigenvalue weighted by Crippen LogP contribution is -2.09. The van der Waals surface area contributed by atoms with Crippen LogP contribution >= 0.6 is 11.3 Å². The Labute approximate surface area is 76.6 Å². The van der Waals surface area contributed by atoms with E-state index < -0.39 is 0 Å². The summed E-state index contributed by atoms with van der Waals surface area (Å²) in [5, 5.41) is 6.21. The van der Waals surface area contributed by atoms with Crippen LogP contribution in [-0.2, 0) is 0 Å². The zero-order chi connectivity index (χ0) is 9.14. The molecule has 0 aromatic carbocycles. The number of carbonyl (C=O) groups is 1. The summed E-state index contributed by atoms with van der Waals surface area (Å²) in [6.07, 6.45) is 0.913. The van der Waals surface area contributed by atoms with Crippen molar-refractivity contribution in [3.05, 3.63) is 16.5 Å². The highest BCUT2D eigenvalue weighted by Crippen LogP contribution is 2.26. The van der Waals surface area contributed by atoms with Crippen molar-refractivity contribution >= 4 is 22.6 Å². The average molecular weight is 183 g/mol. The quantitative estimate of drug-likeness (QED) is 0.730. The normalized spacial score (nSPS) is 10.3. The molecule has 1 rings (SSSR count). The molecule has 0 saturated carbocycles. The van der Waals surface area contributed by atoms with Crippen molar-refractivity contribution in [2.45, 2.75) is 26.8 Å². The minimum Gasteiger partial charge on any atom is -0.374 e. The van der Waals surface area contributed by atoms with E-state index in [0.717, 1.165) is 22.4 Å². The first-order valence-corrected chi connectivity index (χ1v) is 4.83. The highest BCUT2D eigenvalue weighted by atomic mass is 32.1. The standard InChI is InChI=1S/C9H13NOS/c1-6(2)10-9-8(4-11)7(3)5-12-9/h4-6,10H,1-3H3. The average Bonchev–Trinajstić information content (AvgIpc) is 2.30. The van der Waals surface area contributed by atoms with E-state index in [-0.39, 0.29) is 0 Å². The molecular weight excluding hydrogens is 170 g/mol. The highest BCUT2D eigenvalue weighted by Gasteiger charge is 2.07. The molecule has 0 bridgehead atoms. The number of hydrogen-bond donors (Lipinski definition) is 1. The molecule has 0 fully saturated rings.